The molecule has 0 saturated carbocycles. The van der Waals surface area contributed by atoms with Crippen LogP contribution in [0.5, 0.6) is 0 Å². The smallest absolute Gasteiger partial charge is 0.299 e. The highest BCUT2D eigenvalue weighted by atomic mass is 16.6. The summed E-state index contributed by atoms with van der Waals surface area (Å²) >= 11 is 0. The highest BCUT2D eigenvalue weighted by Gasteiger charge is 2.36. The summed E-state index contributed by atoms with van der Waals surface area (Å²) in [6.07, 6.45) is 1.24. The lowest BCUT2D eigenvalue weighted by atomic mass is 10.1. The fourth-order valence-electron chi connectivity index (χ4n) is 2.24. The summed E-state index contributed by atoms with van der Waals surface area (Å²) in [6, 6.07) is 3.78. The van der Waals surface area contributed by atoms with Gasteiger partial charge in [0.1, 0.15) is 5.78 Å². The zero-order valence-electron chi connectivity index (χ0n) is 11.5. The molecular weight excluding hydrogens is 276 g/mol. The maximum absolute atomic E-state index is 11.9. The van der Waals surface area contributed by atoms with Crippen LogP contribution in [0.15, 0.2) is 18.2 Å². The quantitative estimate of drug-likeness (QED) is 0.452. The van der Waals surface area contributed by atoms with E-state index in [9.17, 15) is 24.5 Å². The number of nitro groups is 1. The molecule has 0 aliphatic carbocycles. The summed E-state index contributed by atoms with van der Waals surface area (Å²) in [5.41, 5.74) is 0.202. The van der Waals surface area contributed by atoms with Crippen molar-refractivity contribution in [1.82, 2.24) is 0 Å². The molecule has 7 heteroatoms. The average molecular weight is 290 g/mol. The minimum absolute atomic E-state index is 0.0519. The van der Waals surface area contributed by atoms with Crippen LogP contribution in [0.4, 0.5) is 11.4 Å². The van der Waals surface area contributed by atoms with E-state index in [1.165, 1.54) is 17.0 Å². The monoisotopic (exact) mass is 290 g/mol. The third-order valence-electron chi connectivity index (χ3n) is 3.40. The maximum Gasteiger partial charge on any atom is 0.299 e. The molecule has 1 aliphatic rings. The Bertz CT molecular complexity index is 638. The minimum atomic E-state index is -0.740. The zero-order valence-corrected chi connectivity index (χ0v) is 11.5. The van der Waals surface area contributed by atoms with Gasteiger partial charge in [0.15, 0.2) is 0 Å². The first-order valence-corrected chi connectivity index (χ1v) is 6.62. The molecule has 1 aromatic rings. The van der Waals surface area contributed by atoms with E-state index in [0.717, 1.165) is 6.07 Å². The van der Waals surface area contributed by atoms with Crippen molar-refractivity contribution in [3.63, 3.8) is 0 Å². The zero-order chi connectivity index (χ0) is 15.6. The Morgan fingerprint density at radius 2 is 2.05 bits per heavy atom. The van der Waals surface area contributed by atoms with Crippen LogP contribution in [-0.2, 0) is 9.59 Å². The minimum Gasteiger partial charge on any atom is -0.305 e. The summed E-state index contributed by atoms with van der Waals surface area (Å²) in [7, 11) is 0. The molecule has 0 unspecified atom stereocenters. The van der Waals surface area contributed by atoms with Crippen LogP contribution < -0.4 is 4.90 Å². The predicted molar refractivity (Wildman–Crippen MR) is 74.3 cm³/mol. The number of non-ortho nitro benzene ring substituents is 1. The summed E-state index contributed by atoms with van der Waals surface area (Å²) < 4.78 is 0. The maximum atomic E-state index is 11.9. The number of nitrogens with zero attached hydrogens (tertiary/aromatic N) is 2. The van der Waals surface area contributed by atoms with E-state index in [-0.39, 0.29) is 23.6 Å². The van der Waals surface area contributed by atoms with E-state index in [1.807, 2.05) is 0 Å². The second kappa shape index (κ2) is 5.82. The first-order chi connectivity index (χ1) is 9.95. The average Bonchev–Trinajstić information content (AvgIpc) is 2.71. The van der Waals surface area contributed by atoms with Gasteiger partial charge in [0.05, 0.1) is 16.2 Å². The fourth-order valence-corrected chi connectivity index (χ4v) is 2.24. The van der Waals surface area contributed by atoms with Gasteiger partial charge in [-0.2, -0.15) is 0 Å². The number of hydrogen-bond acceptors (Lipinski definition) is 5. The summed E-state index contributed by atoms with van der Waals surface area (Å²) in [6.45, 7) is 2.02. The normalized spacial score (nSPS) is 13.5. The molecule has 1 heterocycles. The van der Waals surface area contributed by atoms with Crippen molar-refractivity contribution >= 4 is 28.8 Å². The van der Waals surface area contributed by atoms with Crippen LogP contribution in [0.2, 0.25) is 0 Å². The summed E-state index contributed by atoms with van der Waals surface area (Å²) in [4.78, 5) is 46.4. The molecule has 0 atom stereocenters. The number of benzene rings is 1. The van der Waals surface area contributed by atoms with Gasteiger partial charge in [0.2, 0.25) is 0 Å². The van der Waals surface area contributed by atoms with Gasteiger partial charge in [-0.15, -0.1) is 0 Å². The fraction of sp³-hybridized carbons (Fsp3) is 0.357. The predicted octanol–water partition coefficient (Wildman–Crippen LogP) is 1.88. The van der Waals surface area contributed by atoms with Crippen LogP contribution in [0.25, 0.3) is 0 Å². The van der Waals surface area contributed by atoms with Crippen LogP contribution in [0, 0.1) is 10.1 Å². The molecule has 110 valence electrons. The number of fused-ring (bicyclic) bond motifs is 1. The first kappa shape index (κ1) is 14.8. The van der Waals surface area contributed by atoms with Crippen LogP contribution in [0.3, 0.4) is 0 Å². The topological polar surface area (TPSA) is 97.6 Å². The van der Waals surface area contributed by atoms with E-state index in [1.54, 1.807) is 6.92 Å². The number of rotatable bonds is 6. The SMILES string of the molecule is CCC(=O)CCCN1C(=O)C(=O)c2cc([N+](=O)[O-])ccc21. The lowest BCUT2D eigenvalue weighted by molar-refractivity contribution is -0.384. The standard InChI is InChI=1S/C14H14N2O5/c1-2-10(17)4-3-7-15-12-6-5-9(16(20)21)8-11(12)13(18)14(15)19/h5-6,8H,2-4,7H2,1H3. The lowest BCUT2D eigenvalue weighted by Gasteiger charge is -2.15. The van der Waals surface area contributed by atoms with Crippen molar-refractivity contribution in [2.75, 3.05) is 11.4 Å². The highest BCUT2D eigenvalue weighted by Crippen LogP contribution is 2.32. The molecule has 2 rings (SSSR count). The Labute approximate surface area is 120 Å². The van der Waals surface area contributed by atoms with E-state index < -0.39 is 16.6 Å². The lowest BCUT2D eigenvalue weighted by Crippen LogP contribution is -2.30. The van der Waals surface area contributed by atoms with Gasteiger partial charge < -0.3 is 4.90 Å². The van der Waals surface area contributed by atoms with Gasteiger partial charge in [-0.25, -0.2) is 0 Å². The Kier molecular flexibility index (Phi) is 4.11. The van der Waals surface area contributed by atoms with Crippen LogP contribution in [0.1, 0.15) is 36.5 Å². The first-order valence-electron chi connectivity index (χ1n) is 6.62. The second-order valence-electron chi connectivity index (χ2n) is 4.74. The van der Waals surface area contributed by atoms with Gasteiger partial charge in [-0.3, -0.25) is 24.5 Å². The molecule has 1 aliphatic heterocycles. The molecule has 7 nitrogen and oxygen atoms in total. The number of carbonyl (C=O) groups is 3. The van der Waals surface area contributed by atoms with Gasteiger partial charge in [0, 0.05) is 31.5 Å². The molecular formula is C14H14N2O5. The third-order valence-corrected chi connectivity index (χ3v) is 3.40. The van der Waals surface area contributed by atoms with Crippen molar-refractivity contribution in [3.8, 4) is 0 Å². The number of nitro benzene ring substituents is 1. The number of carbonyl (C=O) groups excluding carboxylic acids is 3. The number of hydrogen-bond donors (Lipinski definition) is 0. The van der Waals surface area contributed by atoms with Gasteiger partial charge in [0.25, 0.3) is 17.4 Å². The molecule has 0 bridgehead atoms. The van der Waals surface area contributed by atoms with Crippen molar-refractivity contribution in [1.29, 1.82) is 0 Å². The molecule has 0 fully saturated rings. The molecule has 0 radical (unpaired) electrons. The number of amides is 1. The second-order valence-corrected chi connectivity index (χ2v) is 4.74. The Balaban J connectivity index is 2.19. The van der Waals surface area contributed by atoms with Crippen LogP contribution >= 0.6 is 0 Å². The Morgan fingerprint density at radius 3 is 2.67 bits per heavy atom. The third kappa shape index (κ3) is 2.81. The molecule has 0 spiro atoms. The number of anilines is 1. The Morgan fingerprint density at radius 1 is 1.33 bits per heavy atom. The van der Waals surface area contributed by atoms with E-state index in [2.05, 4.69) is 0 Å². The van der Waals surface area contributed by atoms with Crippen molar-refractivity contribution in [3.05, 3.63) is 33.9 Å². The van der Waals surface area contributed by atoms with E-state index in [4.69, 9.17) is 0 Å². The molecule has 1 amide bonds. The highest BCUT2D eigenvalue weighted by molar-refractivity contribution is 6.52. The van der Waals surface area contributed by atoms with Crippen molar-refractivity contribution < 1.29 is 19.3 Å². The molecule has 0 saturated heterocycles. The number of Topliss-reactive ketones (excluding diaryl/α,β-unsaturated/α-hetero) is 2. The van der Waals surface area contributed by atoms with Gasteiger partial charge in [-0.1, -0.05) is 6.92 Å². The van der Waals surface area contributed by atoms with E-state index in [0.29, 0.717) is 24.9 Å². The van der Waals surface area contributed by atoms with Gasteiger partial charge >= 0.3 is 0 Å². The number of ketones is 2. The van der Waals surface area contributed by atoms with Crippen molar-refractivity contribution in [2.24, 2.45) is 0 Å². The molecule has 0 N–H and O–H groups in total. The van der Waals surface area contributed by atoms with Gasteiger partial charge in [-0.05, 0) is 12.5 Å². The van der Waals surface area contributed by atoms with Crippen molar-refractivity contribution in [2.45, 2.75) is 26.2 Å². The molecule has 1 aromatic carbocycles. The summed E-state index contributed by atoms with van der Waals surface area (Å²) in [5.74, 6) is -1.35. The molecule has 0 aromatic heterocycles. The van der Waals surface area contributed by atoms with Crippen LogP contribution in [-0.4, -0.2) is 28.9 Å². The summed E-state index contributed by atoms with van der Waals surface area (Å²) in [5, 5.41) is 10.7. The Hall–Kier alpha value is -2.57. The largest absolute Gasteiger partial charge is 0.305 e. The van der Waals surface area contributed by atoms with E-state index >= 15 is 0 Å². The molecule has 21 heavy (non-hydrogen) atoms.